The Hall–Kier alpha value is -0.170. The zero-order valence-electron chi connectivity index (χ0n) is 8.81. The predicted molar refractivity (Wildman–Crippen MR) is 57.1 cm³/mol. The normalized spacial score (nSPS) is 19.3. The summed E-state index contributed by atoms with van der Waals surface area (Å²) in [5.74, 6) is 0.102. The Balaban J connectivity index is 2.27. The number of rotatable bonds is 6. The van der Waals surface area contributed by atoms with Crippen LogP contribution in [0.25, 0.3) is 0 Å². The highest BCUT2D eigenvalue weighted by molar-refractivity contribution is 7.89. The fourth-order valence-electron chi connectivity index (χ4n) is 1.53. The van der Waals surface area contributed by atoms with E-state index in [-0.39, 0.29) is 18.4 Å². The van der Waals surface area contributed by atoms with Gasteiger partial charge in [-0.1, -0.05) is 0 Å². The maximum atomic E-state index is 11.5. The summed E-state index contributed by atoms with van der Waals surface area (Å²) in [7, 11) is -3.17. The van der Waals surface area contributed by atoms with Gasteiger partial charge in [0, 0.05) is 25.9 Å². The molecule has 1 fully saturated rings. The maximum absolute atomic E-state index is 11.5. The van der Waals surface area contributed by atoms with Gasteiger partial charge in [-0.25, -0.2) is 13.1 Å². The molecule has 1 aliphatic heterocycles. The van der Waals surface area contributed by atoms with Gasteiger partial charge >= 0.3 is 0 Å². The number of nitrogens with one attached hydrogen (secondary N) is 1. The Morgan fingerprint density at radius 3 is 2.53 bits per heavy atom. The number of aliphatic hydroxyl groups excluding tert-OH is 1. The molecule has 0 atom stereocenters. The number of hydrogen-bond donors (Lipinski definition) is 2. The van der Waals surface area contributed by atoms with Crippen molar-refractivity contribution in [2.24, 2.45) is 0 Å². The third-order valence-electron chi connectivity index (χ3n) is 2.39. The van der Waals surface area contributed by atoms with Crippen molar-refractivity contribution in [3.05, 3.63) is 0 Å². The van der Waals surface area contributed by atoms with Gasteiger partial charge in [0.25, 0.3) is 0 Å². The standard InChI is InChI=1S/C9H19NO4S/c11-5-1-2-8-15(12,13)10-9-3-6-14-7-4-9/h9-11H,1-8H2. The second-order valence-electron chi connectivity index (χ2n) is 3.75. The number of aliphatic hydroxyl groups is 1. The van der Waals surface area contributed by atoms with E-state index in [1.807, 2.05) is 0 Å². The fourth-order valence-corrected chi connectivity index (χ4v) is 2.98. The maximum Gasteiger partial charge on any atom is 0.211 e. The number of ether oxygens (including phenoxy) is 1. The minimum atomic E-state index is -3.17. The topological polar surface area (TPSA) is 75.6 Å². The molecule has 6 heteroatoms. The summed E-state index contributed by atoms with van der Waals surface area (Å²) in [6, 6.07) is 0.0258. The third-order valence-corrected chi connectivity index (χ3v) is 3.91. The van der Waals surface area contributed by atoms with Gasteiger partial charge in [-0.2, -0.15) is 0 Å². The molecule has 0 unspecified atom stereocenters. The van der Waals surface area contributed by atoms with Crippen molar-refractivity contribution in [3.63, 3.8) is 0 Å². The van der Waals surface area contributed by atoms with E-state index >= 15 is 0 Å². The first kappa shape index (κ1) is 12.9. The SMILES string of the molecule is O=S(=O)(CCCCO)NC1CCOCC1. The van der Waals surface area contributed by atoms with Gasteiger partial charge in [0.05, 0.1) is 5.75 Å². The van der Waals surface area contributed by atoms with Crippen LogP contribution in [0.1, 0.15) is 25.7 Å². The highest BCUT2D eigenvalue weighted by Crippen LogP contribution is 2.08. The van der Waals surface area contributed by atoms with Crippen molar-refractivity contribution < 1.29 is 18.3 Å². The van der Waals surface area contributed by atoms with E-state index < -0.39 is 10.0 Å². The average molecular weight is 237 g/mol. The minimum absolute atomic E-state index is 0.0258. The van der Waals surface area contributed by atoms with E-state index in [1.165, 1.54) is 0 Å². The first-order chi connectivity index (χ1) is 7.14. The minimum Gasteiger partial charge on any atom is -0.396 e. The molecule has 0 aliphatic carbocycles. The number of sulfonamides is 1. The molecule has 0 saturated carbocycles. The molecule has 5 nitrogen and oxygen atoms in total. The van der Waals surface area contributed by atoms with Gasteiger partial charge in [0.15, 0.2) is 0 Å². The Labute approximate surface area is 90.9 Å². The highest BCUT2D eigenvalue weighted by Gasteiger charge is 2.19. The van der Waals surface area contributed by atoms with Gasteiger partial charge in [0.1, 0.15) is 0 Å². The molecular weight excluding hydrogens is 218 g/mol. The van der Waals surface area contributed by atoms with Crippen molar-refractivity contribution in [1.82, 2.24) is 4.72 Å². The molecule has 0 aromatic carbocycles. The molecule has 15 heavy (non-hydrogen) atoms. The number of unbranched alkanes of at least 4 members (excludes halogenated alkanes) is 1. The first-order valence-electron chi connectivity index (χ1n) is 5.32. The van der Waals surface area contributed by atoms with Crippen LogP contribution < -0.4 is 4.72 Å². The lowest BCUT2D eigenvalue weighted by atomic mass is 10.1. The summed E-state index contributed by atoms with van der Waals surface area (Å²) < 4.78 is 30.9. The molecule has 0 radical (unpaired) electrons. The van der Waals surface area contributed by atoms with E-state index in [2.05, 4.69) is 4.72 Å². The van der Waals surface area contributed by atoms with E-state index in [4.69, 9.17) is 9.84 Å². The molecule has 0 spiro atoms. The second-order valence-corrected chi connectivity index (χ2v) is 5.63. The lowest BCUT2D eigenvalue weighted by Gasteiger charge is -2.22. The van der Waals surface area contributed by atoms with Crippen LogP contribution in [0, 0.1) is 0 Å². The summed E-state index contributed by atoms with van der Waals surface area (Å²) in [5.41, 5.74) is 0. The molecule has 1 heterocycles. The summed E-state index contributed by atoms with van der Waals surface area (Å²) in [4.78, 5) is 0. The van der Waals surface area contributed by atoms with Crippen molar-refractivity contribution in [2.75, 3.05) is 25.6 Å². The summed E-state index contributed by atoms with van der Waals surface area (Å²) in [6.07, 6.45) is 2.54. The molecular formula is C9H19NO4S. The number of hydrogen-bond acceptors (Lipinski definition) is 4. The van der Waals surface area contributed by atoms with Crippen LogP contribution >= 0.6 is 0 Å². The second kappa shape index (κ2) is 6.42. The monoisotopic (exact) mass is 237 g/mol. The van der Waals surface area contributed by atoms with Gasteiger partial charge < -0.3 is 9.84 Å². The Bertz CT molecular complexity index is 259. The van der Waals surface area contributed by atoms with Crippen LogP contribution in [0.3, 0.4) is 0 Å². The molecule has 0 amide bonds. The molecule has 0 aromatic rings. The Morgan fingerprint density at radius 2 is 1.93 bits per heavy atom. The van der Waals surface area contributed by atoms with Gasteiger partial charge in [-0.15, -0.1) is 0 Å². The van der Waals surface area contributed by atoms with Crippen molar-refractivity contribution in [1.29, 1.82) is 0 Å². The van der Waals surface area contributed by atoms with Crippen LogP contribution in [-0.4, -0.2) is 45.1 Å². The van der Waals surface area contributed by atoms with Crippen molar-refractivity contribution in [3.8, 4) is 0 Å². The average Bonchev–Trinajstić information content (AvgIpc) is 2.18. The van der Waals surface area contributed by atoms with E-state index in [1.54, 1.807) is 0 Å². The molecule has 2 N–H and O–H groups in total. The molecule has 0 bridgehead atoms. The van der Waals surface area contributed by atoms with Gasteiger partial charge in [-0.05, 0) is 25.7 Å². The van der Waals surface area contributed by atoms with Gasteiger partial charge in [0.2, 0.25) is 10.0 Å². The molecule has 90 valence electrons. The van der Waals surface area contributed by atoms with Crippen LogP contribution in [-0.2, 0) is 14.8 Å². The van der Waals surface area contributed by atoms with Crippen molar-refractivity contribution >= 4 is 10.0 Å². The lowest BCUT2D eigenvalue weighted by Crippen LogP contribution is -2.40. The van der Waals surface area contributed by atoms with E-state index in [0.717, 1.165) is 12.8 Å². The van der Waals surface area contributed by atoms with Gasteiger partial charge in [-0.3, -0.25) is 0 Å². The Kier molecular flexibility index (Phi) is 5.52. The molecule has 1 rings (SSSR count). The Morgan fingerprint density at radius 1 is 1.27 bits per heavy atom. The summed E-state index contributed by atoms with van der Waals surface area (Å²) >= 11 is 0. The highest BCUT2D eigenvalue weighted by atomic mass is 32.2. The first-order valence-corrected chi connectivity index (χ1v) is 6.98. The zero-order valence-corrected chi connectivity index (χ0v) is 9.63. The third kappa shape index (κ3) is 5.46. The van der Waals surface area contributed by atoms with Crippen LogP contribution in [0.5, 0.6) is 0 Å². The predicted octanol–water partition coefficient (Wildman–Crippen LogP) is -0.143. The quantitative estimate of drug-likeness (QED) is 0.630. The smallest absolute Gasteiger partial charge is 0.211 e. The van der Waals surface area contributed by atoms with Crippen LogP contribution in [0.2, 0.25) is 0 Å². The summed E-state index contributed by atoms with van der Waals surface area (Å²) in [6.45, 7) is 1.31. The zero-order chi connectivity index (χ0) is 11.1. The molecule has 1 aliphatic rings. The molecule has 0 aromatic heterocycles. The largest absolute Gasteiger partial charge is 0.396 e. The molecule has 1 saturated heterocycles. The van der Waals surface area contributed by atoms with E-state index in [9.17, 15) is 8.42 Å². The van der Waals surface area contributed by atoms with Crippen molar-refractivity contribution in [2.45, 2.75) is 31.7 Å². The fraction of sp³-hybridized carbons (Fsp3) is 1.00. The van der Waals surface area contributed by atoms with Crippen LogP contribution in [0.4, 0.5) is 0 Å². The lowest BCUT2D eigenvalue weighted by molar-refractivity contribution is 0.0832. The van der Waals surface area contributed by atoms with E-state index in [0.29, 0.717) is 26.1 Å². The summed E-state index contributed by atoms with van der Waals surface area (Å²) in [5, 5.41) is 8.55. The van der Waals surface area contributed by atoms with Crippen LogP contribution in [0.15, 0.2) is 0 Å².